The van der Waals surface area contributed by atoms with Gasteiger partial charge in [0.2, 0.25) is 5.95 Å². The molecule has 0 unspecified atom stereocenters. The van der Waals surface area contributed by atoms with Gasteiger partial charge >= 0.3 is 0 Å². The van der Waals surface area contributed by atoms with E-state index >= 15 is 0 Å². The van der Waals surface area contributed by atoms with Crippen LogP contribution in [0.25, 0.3) is 4.96 Å². The van der Waals surface area contributed by atoms with Crippen molar-refractivity contribution in [3.05, 3.63) is 57.8 Å². The van der Waals surface area contributed by atoms with E-state index in [2.05, 4.69) is 31.6 Å². The van der Waals surface area contributed by atoms with Crippen molar-refractivity contribution in [2.45, 2.75) is 37.2 Å². The zero-order valence-corrected chi connectivity index (χ0v) is 18.2. The van der Waals surface area contributed by atoms with Crippen LogP contribution >= 0.6 is 23.1 Å². The van der Waals surface area contributed by atoms with Crippen LogP contribution in [0.2, 0.25) is 0 Å². The number of anilines is 1. The Balaban J connectivity index is 1.41. The second-order valence-corrected chi connectivity index (χ2v) is 9.36. The minimum absolute atomic E-state index is 0.0583. The van der Waals surface area contributed by atoms with E-state index in [9.17, 15) is 4.79 Å². The van der Waals surface area contributed by atoms with Crippen molar-refractivity contribution in [1.82, 2.24) is 24.1 Å². The monoisotopic (exact) mass is 442 g/mol. The smallest absolute Gasteiger partial charge is 0.258 e. The van der Waals surface area contributed by atoms with Gasteiger partial charge in [-0.1, -0.05) is 18.7 Å². The number of furan rings is 1. The summed E-state index contributed by atoms with van der Waals surface area (Å²) in [5.41, 5.74) is 0.686. The molecule has 156 valence electrons. The third kappa shape index (κ3) is 3.89. The molecule has 4 aromatic heterocycles. The summed E-state index contributed by atoms with van der Waals surface area (Å²) in [6.07, 6.45) is 5.75. The predicted octanol–water partition coefficient (Wildman–Crippen LogP) is 3.52. The Bertz CT molecular complexity index is 1190. The van der Waals surface area contributed by atoms with E-state index in [4.69, 9.17) is 4.42 Å². The first-order chi connectivity index (χ1) is 14.7. The van der Waals surface area contributed by atoms with Crippen LogP contribution in [0.3, 0.4) is 0 Å². The average molecular weight is 443 g/mol. The number of thioether (sulfide) groups is 1. The lowest BCUT2D eigenvalue weighted by Crippen LogP contribution is -2.35. The molecular weight excluding hydrogens is 420 g/mol. The van der Waals surface area contributed by atoms with Crippen molar-refractivity contribution in [3.63, 3.8) is 0 Å². The van der Waals surface area contributed by atoms with Crippen LogP contribution in [-0.4, -0.2) is 37.2 Å². The highest BCUT2D eigenvalue weighted by atomic mass is 32.2. The predicted molar refractivity (Wildman–Crippen MR) is 117 cm³/mol. The molecule has 0 saturated carbocycles. The molecule has 0 N–H and O–H groups in total. The van der Waals surface area contributed by atoms with Crippen molar-refractivity contribution >= 4 is 34.0 Å². The summed E-state index contributed by atoms with van der Waals surface area (Å²) < 4.78 is 9.25. The molecule has 0 amide bonds. The lowest BCUT2D eigenvalue weighted by atomic mass is 10.00. The van der Waals surface area contributed by atoms with E-state index in [1.54, 1.807) is 34.7 Å². The van der Waals surface area contributed by atoms with Gasteiger partial charge in [0.15, 0.2) is 10.1 Å². The minimum Gasteiger partial charge on any atom is -0.467 e. The number of hydrogen-bond acceptors (Lipinski definition) is 8. The van der Waals surface area contributed by atoms with Crippen molar-refractivity contribution in [1.29, 1.82) is 0 Å². The van der Waals surface area contributed by atoms with Gasteiger partial charge in [-0.3, -0.25) is 13.8 Å². The standard InChI is InChI=1S/C20H22N6O2S2/c1-14-4-6-24(7-5-14)18-22-23-20(26(18)12-16-3-2-9-28-16)30-13-15-11-17(27)25-8-10-29-19(25)21-15/h2-3,8-11,14H,4-7,12-13H2,1H3. The number of rotatable bonds is 6. The number of fused-ring (bicyclic) bond motifs is 1. The van der Waals surface area contributed by atoms with Crippen LogP contribution in [0.5, 0.6) is 0 Å². The SMILES string of the molecule is CC1CCN(c2nnc(SCc3cc(=O)n4ccsc4n3)n2Cc2ccco2)CC1. The Labute approximate surface area is 181 Å². The van der Waals surface area contributed by atoms with Crippen LogP contribution in [-0.2, 0) is 12.3 Å². The summed E-state index contributed by atoms with van der Waals surface area (Å²) in [6.45, 7) is 4.83. The summed E-state index contributed by atoms with van der Waals surface area (Å²) in [5.74, 6) is 3.04. The van der Waals surface area contributed by atoms with E-state index in [0.717, 1.165) is 54.4 Å². The Kier molecular flexibility index (Phi) is 5.34. The first kappa shape index (κ1) is 19.4. The second-order valence-electron chi connectivity index (χ2n) is 7.55. The van der Waals surface area contributed by atoms with Crippen LogP contribution in [0.1, 0.15) is 31.2 Å². The summed E-state index contributed by atoms with van der Waals surface area (Å²) in [5, 5.41) is 11.6. The lowest BCUT2D eigenvalue weighted by molar-refractivity contribution is 0.427. The molecule has 30 heavy (non-hydrogen) atoms. The molecule has 1 saturated heterocycles. The van der Waals surface area contributed by atoms with Crippen LogP contribution in [0.15, 0.2) is 50.4 Å². The molecule has 4 aromatic rings. The molecule has 0 spiro atoms. The fourth-order valence-corrected chi connectivity index (χ4v) is 5.19. The number of thiazole rings is 1. The quantitative estimate of drug-likeness (QED) is 0.423. The molecule has 10 heteroatoms. The van der Waals surface area contributed by atoms with Gasteiger partial charge in [0.1, 0.15) is 5.76 Å². The Hall–Kier alpha value is -2.59. The van der Waals surface area contributed by atoms with Crippen LogP contribution < -0.4 is 10.5 Å². The average Bonchev–Trinajstić information content (AvgIpc) is 3.49. The first-order valence-electron chi connectivity index (χ1n) is 9.96. The Morgan fingerprint density at radius 3 is 2.97 bits per heavy atom. The van der Waals surface area contributed by atoms with Crippen molar-refractivity contribution < 1.29 is 4.42 Å². The zero-order chi connectivity index (χ0) is 20.5. The lowest BCUT2D eigenvalue weighted by Gasteiger charge is -2.31. The topological polar surface area (TPSA) is 81.5 Å². The molecule has 0 radical (unpaired) electrons. The fraction of sp³-hybridized carbons (Fsp3) is 0.400. The number of hydrogen-bond donors (Lipinski definition) is 0. The molecule has 1 fully saturated rings. The Morgan fingerprint density at radius 2 is 2.17 bits per heavy atom. The van der Waals surface area contributed by atoms with Gasteiger partial charge in [0.25, 0.3) is 5.56 Å². The van der Waals surface area contributed by atoms with Gasteiger partial charge < -0.3 is 9.32 Å². The maximum Gasteiger partial charge on any atom is 0.258 e. The van der Waals surface area contributed by atoms with E-state index in [0.29, 0.717) is 17.3 Å². The maximum absolute atomic E-state index is 12.3. The summed E-state index contributed by atoms with van der Waals surface area (Å²) >= 11 is 3.00. The van der Waals surface area contributed by atoms with Crippen molar-refractivity contribution in [3.8, 4) is 0 Å². The minimum atomic E-state index is -0.0583. The van der Waals surface area contributed by atoms with E-state index in [1.165, 1.54) is 11.3 Å². The van der Waals surface area contributed by atoms with Gasteiger partial charge in [-0.05, 0) is 30.9 Å². The largest absolute Gasteiger partial charge is 0.467 e. The van der Waals surface area contributed by atoms with Crippen LogP contribution in [0, 0.1) is 5.92 Å². The van der Waals surface area contributed by atoms with Crippen molar-refractivity contribution in [2.75, 3.05) is 18.0 Å². The zero-order valence-electron chi connectivity index (χ0n) is 16.6. The normalized spacial score (nSPS) is 15.3. The third-order valence-corrected chi connectivity index (χ3v) is 7.12. The Morgan fingerprint density at radius 1 is 1.30 bits per heavy atom. The van der Waals surface area contributed by atoms with Gasteiger partial charge in [-0.2, -0.15) is 0 Å². The molecule has 1 aliphatic heterocycles. The van der Waals surface area contributed by atoms with E-state index in [-0.39, 0.29) is 5.56 Å². The number of aromatic nitrogens is 5. The van der Waals surface area contributed by atoms with Crippen molar-refractivity contribution in [2.24, 2.45) is 5.92 Å². The van der Waals surface area contributed by atoms with Gasteiger partial charge in [-0.25, -0.2) is 4.98 Å². The molecule has 5 heterocycles. The van der Waals surface area contributed by atoms with Gasteiger partial charge in [0.05, 0.1) is 18.5 Å². The third-order valence-electron chi connectivity index (χ3n) is 5.36. The maximum atomic E-state index is 12.3. The van der Waals surface area contributed by atoms with E-state index < -0.39 is 0 Å². The second kappa shape index (κ2) is 8.27. The molecule has 5 rings (SSSR count). The molecular formula is C20H22N6O2S2. The summed E-state index contributed by atoms with van der Waals surface area (Å²) in [7, 11) is 0. The highest BCUT2D eigenvalue weighted by molar-refractivity contribution is 7.98. The molecule has 0 aromatic carbocycles. The van der Waals surface area contributed by atoms with Gasteiger partial charge in [0, 0.05) is 36.5 Å². The molecule has 1 aliphatic rings. The summed E-state index contributed by atoms with van der Waals surface area (Å²) in [6, 6.07) is 5.44. The number of piperidine rings is 1. The first-order valence-corrected chi connectivity index (χ1v) is 11.8. The molecule has 0 aliphatic carbocycles. The van der Waals surface area contributed by atoms with E-state index in [1.807, 2.05) is 17.5 Å². The van der Waals surface area contributed by atoms with Crippen LogP contribution in [0.4, 0.5) is 5.95 Å². The van der Waals surface area contributed by atoms with Gasteiger partial charge in [-0.15, -0.1) is 21.5 Å². The molecule has 0 bridgehead atoms. The molecule has 8 nitrogen and oxygen atoms in total. The summed E-state index contributed by atoms with van der Waals surface area (Å²) in [4.78, 5) is 19.9. The highest BCUT2D eigenvalue weighted by Crippen LogP contribution is 2.28. The fourth-order valence-electron chi connectivity index (χ4n) is 3.63. The molecule has 0 atom stereocenters. The highest BCUT2D eigenvalue weighted by Gasteiger charge is 2.23. The number of nitrogens with zero attached hydrogens (tertiary/aromatic N) is 6.